The number of hydrogen-bond donors (Lipinski definition) is 2. The number of nitrogen functional groups attached to an aromatic ring is 1. The first kappa shape index (κ1) is 18.4. The average molecular weight is 396 g/mol. The highest BCUT2D eigenvalue weighted by atomic mass is 19.1. The molecule has 29 heavy (non-hydrogen) atoms. The second-order valence-corrected chi connectivity index (χ2v) is 6.20. The quantitative estimate of drug-likeness (QED) is 0.401. The molecule has 4 aromatic rings. The van der Waals surface area contributed by atoms with Crippen molar-refractivity contribution in [1.82, 2.24) is 24.7 Å². The van der Waals surface area contributed by atoms with Gasteiger partial charge in [0.2, 0.25) is 0 Å². The molecule has 0 aliphatic heterocycles. The lowest BCUT2D eigenvalue weighted by molar-refractivity contribution is 0.103. The smallest absolute Gasteiger partial charge is 0.434 e. The summed E-state index contributed by atoms with van der Waals surface area (Å²) < 4.78 is 25.7. The van der Waals surface area contributed by atoms with Crippen molar-refractivity contribution in [2.45, 2.75) is 6.92 Å². The van der Waals surface area contributed by atoms with E-state index in [1.807, 2.05) is 13.2 Å². The Balaban J connectivity index is 1.80. The third kappa shape index (κ3) is 3.47. The number of nitrogens with one attached hydrogen (secondary N) is 1. The minimum absolute atomic E-state index is 0.103. The summed E-state index contributed by atoms with van der Waals surface area (Å²) in [6.07, 6.45) is 4.17. The van der Waals surface area contributed by atoms with Gasteiger partial charge in [0.05, 0.1) is 23.9 Å². The van der Waals surface area contributed by atoms with Crippen LogP contribution in [0.5, 0.6) is 5.75 Å². The number of pyridine rings is 1. The minimum atomic E-state index is -1.01. The molecule has 9 nitrogen and oxygen atoms in total. The van der Waals surface area contributed by atoms with E-state index in [1.165, 1.54) is 12.1 Å². The Morgan fingerprint density at radius 2 is 2.14 bits per heavy atom. The number of hydrogen-bond acceptors (Lipinski definition) is 7. The van der Waals surface area contributed by atoms with Crippen LogP contribution in [0.25, 0.3) is 33.5 Å². The van der Waals surface area contributed by atoms with E-state index in [-0.39, 0.29) is 23.7 Å². The number of aromatic amines is 1. The van der Waals surface area contributed by atoms with Crippen LogP contribution in [0.3, 0.4) is 0 Å². The average Bonchev–Trinajstić information content (AvgIpc) is 3.31. The van der Waals surface area contributed by atoms with Crippen molar-refractivity contribution < 1.29 is 18.7 Å². The largest absolute Gasteiger partial charge is 0.514 e. The molecule has 0 unspecified atom stereocenters. The van der Waals surface area contributed by atoms with Crippen LogP contribution in [0.4, 0.5) is 15.0 Å². The molecule has 148 valence electrons. The third-order valence-corrected chi connectivity index (χ3v) is 4.22. The Hall–Kier alpha value is -3.95. The molecule has 0 spiro atoms. The molecule has 4 rings (SSSR count). The van der Waals surface area contributed by atoms with Crippen LogP contribution < -0.4 is 10.5 Å². The number of benzene rings is 1. The number of nitrogens with two attached hydrogens (primary N) is 1. The summed E-state index contributed by atoms with van der Waals surface area (Å²) in [6.45, 7) is 1.72. The maximum Gasteiger partial charge on any atom is 0.514 e. The molecule has 0 radical (unpaired) electrons. The number of fused-ring (bicyclic) bond motifs is 1. The molecule has 3 aromatic heterocycles. The summed E-state index contributed by atoms with van der Waals surface area (Å²) in [6, 6.07) is 4.47. The molecule has 0 aliphatic rings. The van der Waals surface area contributed by atoms with E-state index in [2.05, 4.69) is 20.1 Å². The zero-order valence-corrected chi connectivity index (χ0v) is 15.6. The van der Waals surface area contributed by atoms with Crippen molar-refractivity contribution in [3.05, 3.63) is 42.6 Å². The predicted octanol–water partition coefficient (Wildman–Crippen LogP) is 3.28. The SMILES string of the molecule is CCOC(=O)Oc1c(F)ccc2[nH]c(-c3cc(-c4cnn(C)c4)cnc3N)nc12. The van der Waals surface area contributed by atoms with E-state index in [0.29, 0.717) is 16.9 Å². The number of carbonyl (C=O) groups is 1. The number of ether oxygens (including phenoxy) is 2. The van der Waals surface area contributed by atoms with Crippen LogP contribution in [0.15, 0.2) is 36.8 Å². The van der Waals surface area contributed by atoms with E-state index >= 15 is 0 Å². The number of halogens is 1. The van der Waals surface area contributed by atoms with Crippen molar-refractivity contribution in [1.29, 1.82) is 0 Å². The zero-order valence-electron chi connectivity index (χ0n) is 15.6. The van der Waals surface area contributed by atoms with Gasteiger partial charge in [-0.1, -0.05) is 0 Å². The van der Waals surface area contributed by atoms with Crippen LogP contribution in [-0.4, -0.2) is 37.5 Å². The Morgan fingerprint density at radius 1 is 1.31 bits per heavy atom. The van der Waals surface area contributed by atoms with Crippen LogP contribution in [0.1, 0.15) is 6.92 Å². The lowest BCUT2D eigenvalue weighted by atomic mass is 10.1. The fourth-order valence-corrected chi connectivity index (χ4v) is 2.87. The number of rotatable bonds is 4. The van der Waals surface area contributed by atoms with Crippen LogP contribution in [-0.2, 0) is 11.8 Å². The molecular weight excluding hydrogens is 379 g/mol. The molecule has 0 bridgehead atoms. The molecule has 0 atom stereocenters. The molecule has 0 saturated heterocycles. The van der Waals surface area contributed by atoms with Gasteiger partial charge in [0, 0.05) is 30.6 Å². The topological polar surface area (TPSA) is 121 Å². The van der Waals surface area contributed by atoms with E-state index in [0.717, 1.165) is 11.1 Å². The normalized spacial score (nSPS) is 11.0. The number of carbonyl (C=O) groups excluding carboxylic acids is 1. The maximum absolute atomic E-state index is 14.3. The van der Waals surface area contributed by atoms with Gasteiger partial charge in [-0.15, -0.1) is 0 Å². The van der Waals surface area contributed by atoms with Gasteiger partial charge in [-0.25, -0.2) is 19.2 Å². The van der Waals surface area contributed by atoms with Gasteiger partial charge in [-0.2, -0.15) is 5.10 Å². The number of H-pyrrole nitrogens is 1. The molecule has 0 aliphatic carbocycles. The zero-order chi connectivity index (χ0) is 20.5. The summed E-state index contributed by atoms with van der Waals surface area (Å²) in [4.78, 5) is 23.3. The van der Waals surface area contributed by atoms with Crippen molar-refractivity contribution in [3.63, 3.8) is 0 Å². The van der Waals surface area contributed by atoms with E-state index in [4.69, 9.17) is 15.2 Å². The number of nitrogens with zero attached hydrogens (tertiary/aromatic N) is 4. The Bertz CT molecular complexity index is 1220. The standard InChI is InChI=1S/C19H17FN6O3/c1-3-28-19(27)29-16-13(20)4-5-14-15(16)25-18(24-14)12-6-10(7-22-17(12)21)11-8-23-26(2)9-11/h4-9H,3H2,1-2H3,(H2,21,22)(H,24,25). The molecule has 1 aromatic carbocycles. The van der Waals surface area contributed by atoms with Crippen LogP contribution in [0.2, 0.25) is 0 Å². The molecule has 10 heteroatoms. The first-order valence-electron chi connectivity index (χ1n) is 8.74. The van der Waals surface area contributed by atoms with E-state index in [9.17, 15) is 9.18 Å². The van der Waals surface area contributed by atoms with Crippen molar-refractivity contribution >= 4 is 23.0 Å². The second kappa shape index (κ2) is 7.23. The molecule has 0 amide bonds. The highest BCUT2D eigenvalue weighted by Crippen LogP contribution is 2.33. The van der Waals surface area contributed by atoms with Crippen LogP contribution >= 0.6 is 0 Å². The third-order valence-electron chi connectivity index (χ3n) is 4.22. The van der Waals surface area contributed by atoms with Crippen LogP contribution in [0, 0.1) is 5.82 Å². The number of aromatic nitrogens is 5. The van der Waals surface area contributed by atoms with Gasteiger partial charge in [-0.05, 0) is 25.1 Å². The summed E-state index contributed by atoms with van der Waals surface area (Å²) >= 11 is 0. The van der Waals surface area contributed by atoms with Gasteiger partial charge in [0.15, 0.2) is 11.6 Å². The monoisotopic (exact) mass is 396 g/mol. The summed E-state index contributed by atoms with van der Waals surface area (Å²) in [7, 11) is 1.81. The van der Waals surface area contributed by atoms with Gasteiger partial charge < -0.3 is 20.2 Å². The number of aryl methyl sites for hydroxylation is 1. The molecule has 3 N–H and O–H groups in total. The minimum Gasteiger partial charge on any atom is -0.434 e. The molecule has 0 fully saturated rings. The van der Waals surface area contributed by atoms with Crippen molar-refractivity contribution in [3.8, 4) is 28.3 Å². The molecule has 3 heterocycles. The summed E-state index contributed by atoms with van der Waals surface area (Å²) in [5.74, 6) is -0.461. The van der Waals surface area contributed by atoms with Crippen molar-refractivity contribution in [2.75, 3.05) is 12.3 Å². The fraction of sp³-hybridized carbons (Fsp3) is 0.158. The predicted molar refractivity (Wildman–Crippen MR) is 104 cm³/mol. The highest BCUT2D eigenvalue weighted by Gasteiger charge is 2.19. The Labute approximate surface area is 164 Å². The van der Waals surface area contributed by atoms with Gasteiger partial charge in [0.1, 0.15) is 17.2 Å². The lowest BCUT2D eigenvalue weighted by Crippen LogP contribution is -2.11. The number of anilines is 1. The van der Waals surface area contributed by atoms with E-state index in [1.54, 1.807) is 30.1 Å². The first-order chi connectivity index (χ1) is 14.0. The lowest BCUT2D eigenvalue weighted by Gasteiger charge is -2.05. The van der Waals surface area contributed by atoms with Crippen molar-refractivity contribution in [2.24, 2.45) is 7.05 Å². The second-order valence-electron chi connectivity index (χ2n) is 6.20. The number of imidazole rings is 1. The molecule has 0 saturated carbocycles. The summed E-state index contributed by atoms with van der Waals surface area (Å²) in [5.41, 5.74) is 8.81. The fourth-order valence-electron chi connectivity index (χ4n) is 2.87. The van der Waals surface area contributed by atoms with Gasteiger partial charge in [0.25, 0.3) is 0 Å². The van der Waals surface area contributed by atoms with E-state index < -0.39 is 12.0 Å². The maximum atomic E-state index is 14.3. The Kier molecular flexibility index (Phi) is 4.59. The first-order valence-corrected chi connectivity index (χ1v) is 8.74. The van der Waals surface area contributed by atoms with Gasteiger partial charge in [-0.3, -0.25) is 4.68 Å². The molecular formula is C19H17FN6O3. The highest BCUT2D eigenvalue weighted by molar-refractivity contribution is 5.88. The summed E-state index contributed by atoms with van der Waals surface area (Å²) in [5, 5.41) is 4.15. The van der Waals surface area contributed by atoms with Gasteiger partial charge >= 0.3 is 6.16 Å². The Morgan fingerprint density at radius 3 is 2.86 bits per heavy atom.